The first-order valence-electron chi connectivity index (χ1n) is 9.04. The number of hydrogen-bond donors (Lipinski definition) is 2. The summed E-state index contributed by atoms with van der Waals surface area (Å²) >= 11 is 2.80. The van der Waals surface area contributed by atoms with Crippen molar-refractivity contribution in [1.82, 2.24) is 10.4 Å². The average Bonchev–Trinajstić information content (AvgIpc) is 3.21. The highest BCUT2D eigenvalue weighted by molar-refractivity contribution is 8.02. The second-order valence-corrected chi connectivity index (χ2v) is 9.78. The molecule has 3 aromatic rings. The number of fused-ring (bicyclic) bond motifs is 1. The van der Waals surface area contributed by atoms with Crippen LogP contribution in [0.5, 0.6) is 0 Å². The quantitative estimate of drug-likeness (QED) is 0.403. The average molecular weight is 412 g/mol. The predicted molar refractivity (Wildman–Crippen MR) is 115 cm³/mol. The van der Waals surface area contributed by atoms with Gasteiger partial charge in [0.05, 0.1) is 17.1 Å². The maximum absolute atomic E-state index is 11.3. The number of benzene rings is 2. The minimum Gasteiger partial charge on any atom is -0.480 e. The fourth-order valence-electron chi connectivity index (χ4n) is 2.93. The minimum absolute atomic E-state index is 0.763. The molecule has 7 heteroatoms. The van der Waals surface area contributed by atoms with Crippen molar-refractivity contribution in [2.45, 2.75) is 29.4 Å². The van der Waals surface area contributed by atoms with E-state index in [0.717, 1.165) is 23.0 Å². The summed E-state index contributed by atoms with van der Waals surface area (Å²) in [6.45, 7) is 4.16. The standard InChI is InChI=1S/C21H21N3O2S2/c1-21(2,19(25)26)28-20-23-15(13-27-20)11-12-22-24-17-10-6-9-16(18(17)24)14-7-4-3-5-8-14/h3-10,13,22H,11-12H2,1-2H3,(H,25,26). The van der Waals surface area contributed by atoms with Crippen molar-refractivity contribution in [1.29, 1.82) is 0 Å². The maximum atomic E-state index is 11.3. The van der Waals surface area contributed by atoms with Gasteiger partial charge < -0.3 is 5.11 Å². The number of para-hydroxylation sites is 1. The van der Waals surface area contributed by atoms with E-state index in [1.165, 1.54) is 45.6 Å². The van der Waals surface area contributed by atoms with Crippen LogP contribution in [0.4, 0.5) is 11.4 Å². The number of nitrogens with one attached hydrogen (secondary N) is 1. The predicted octanol–water partition coefficient (Wildman–Crippen LogP) is 4.96. The summed E-state index contributed by atoms with van der Waals surface area (Å²) in [7, 11) is 0. The summed E-state index contributed by atoms with van der Waals surface area (Å²) in [6.07, 6.45) is 0.787. The lowest BCUT2D eigenvalue weighted by atomic mass is 10.1. The Hall–Kier alpha value is -2.35. The molecule has 28 heavy (non-hydrogen) atoms. The lowest BCUT2D eigenvalue weighted by Crippen LogP contribution is -2.27. The largest absolute Gasteiger partial charge is 0.480 e. The Labute approximate surface area is 172 Å². The van der Waals surface area contributed by atoms with Crippen LogP contribution in [0, 0.1) is 0 Å². The van der Waals surface area contributed by atoms with Crippen molar-refractivity contribution >= 4 is 40.4 Å². The minimum atomic E-state index is -0.872. The normalized spacial score (nSPS) is 12.7. The summed E-state index contributed by atoms with van der Waals surface area (Å²) in [5.41, 5.74) is 9.32. The molecule has 0 unspecified atom stereocenters. The van der Waals surface area contributed by atoms with E-state index in [-0.39, 0.29) is 0 Å². The van der Waals surface area contributed by atoms with Gasteiger partial charge in [0.25, 0.3) is 0 Å². The fraction of sp³-hybridized carbons (Fsp3) is 0.238. The molecule has 0 bridgehead atoms. The number of thioether (sulfide) groups is 1. The molecule has 5 nitrogen and oxygen atoms in total. The zero-order valence-electron chi connectivity index (χ0n) is 15.7. The Morgan fingerprint density at radius 1 is 1.21 bits per heavy atom. The molecule has 4 rings (SSSR count). The molecule has 0 saturated heterocycles. The lowest BCUT2D eigenvalue weighted by molar-refractivity contribution is -0.138. The molecule has 2 N–H and O–H groups in total. The highest BCUT2D eigenvalue weighted by Crippen LogP contribution is 2.52. The van der Waals surface area contributed by atoms with Crippen LogP contribution < -0.4 is 10.4 Å². The van der Waals surface area contributed by atoms with Crippen LogP contribution >= 0.6 is 23.1 Å². The Kier molecular flexibility index (Phi) is 5.14. The molecular weight excluding hydrogens is 390 g/mol. The van der Waals surface area contributed by atoms with Crippen molar-refractivity contribution in [2.75, 3.05) is 11.6 Å². The number of nitrogens with zero attached hydrogens (tertiary/aromatic N) is 2. The van der Waals surface area contributed by atoms with Gasteiger partial charge in [0.2, 0.25) is 0 Å². The van der Waals surface area contributed by atoms with Gasteiger partial charge in [-0.3, -0.25) is 9.80 Å². The number of hydrazine groups is 1. The van der Waals surface area contributed by atoms with Gasteiger partial charge >= 0.3 is 5.97 Å². The molecule has 1 aliphatic rings. The molecule has 144 valence electrons. The van der Waals surface area contributed by atoms with E-state index in [2.05, 4.69) is 57.9 Å². The van der Waals surface area contributed by atoms with E-state index in [1.807, 2.05) is 11.4 Å². The molecule has 0 fully saturated rings. The molecule has 0 amide bonds. The number of carboxylic acid groups (broad SMARTS) is 1. The maximum Gasteiger partial charge on any atom is 0.319 e. The molecule has 0 spiro atoms. The molecule has 1 aromatic heterocycles. The Balaban J connectivity index is 1.33. The second-order valence-electron chi connectivity index (χ2n) is 7.06. The molecule has 1 aliphatic heterocycles. The summed E-state index contributed by atoms with van der Waals surface area (Å²) in [6, 6.07) is 16.7. The number of carboxylic acids is 1. The molecule has 2 aromatic carbocycles. The van der Waals surface area contributed by atoms with Gasteiger partial charge in [0.1, 0.15) is 4.75 Å². The van der Waals surface area contributed by atoms with E-state index in [0.29, 0.717) is 0 Å². The zero-order valence-corrected chi connectivity index (χ0v) is 17.3. The van der Waals surface area contributed by atoms with E-state index in [9.17, 15) is 9.90 Å². The Bertz CT molecular complexity index is 1000. The first kappa shape index (κ1) is 19.0. The lowest BCUT2D eigenvalue weighted by Gasteiger charge is -2.15. The molecule has 0 aliphatic carbocycles. The van der Waals surface area contributed by atoms with Gasteiger partial charge in [0, 0.05) is 23.9 Å². The van der Waals surface area contributed by atoms with Crippen molar-refractivity contribution in [3.8, 4) is 11.1 Å². The van der Waals surface area contributed by atoms with Gasteiger partial charge in [-0.15, -0.1) is 11.3 Å². The number of thiazole rings is 1. The topological polar surface area (TPSA) is 65.2 Å². The van der Waals surface area contributed by atoms with Crippen molar-refractivity contribution in [2.24, 2.45) is 0 Å². The molecular formula is C21H21N3O2S2. The van der Waals surface area contributed by atoms with Crippen LogP contribution in [-0.4, -0.2) is 27.4 Å². The first-order valence-corrected chi connectivity index (χ1v) is 10.7. The van der Waals surface area contributed by atoms with Crippen LogP contribution in [0.1, 0.15) is 19.5 Å². The number of carbonyl (C=O) groups is 1. The number of aromatic nitrogens is 1. The SMILES string of the molecule is CC(C)(Sc1nc(CCNN2c3cccc(-c4ccccc4)c32)cs1)C(=O)O. The van der Waals surface area contributed by atoms with E-state index < -0.39 is 10.7 Å². The smallest absolute Gasteiger partial charge is 0.319 e. The number of aliphatic carboxylic acids is 1. The fourth-order valence-corrected chi connectivity index (χ4v) is 5.15. The van der Waals surface area contributed by atoms with Gasteiger partial charge in [0.15, 0.2) is 4.34 Å². The van der Waals surface area contributed by atoms with Crippen LogP contribution in [0.15, 0.2) is 58.3 Å². The van der Waals surface area contributed by atoms with Crippen LogP contribution in [0.25, 0.3) is 11.1 Å². The van der Waals surface area contributed by atoms with E-state index >= 15 is 0 Å². The van der Waals surface area contributed by atoms with Gasteiger partial charge in [-0.1, -0.05) is 54.2 Å². The summed E-state index contributed by atoms with van der Waals surface area (Å²) in [5, 5.41) is 13.4. The van der Waals surface area contributed by atoms with Gasteiger partial charge in [-0.2, -0.15) is 0 Å². The summed E-state index contributed by atoms with van der Waals surface area (Å²) < 4.78 is -0.0773. The third-order valence-corrected chi connectivity index (χ3v) is 6.73. The number of hydrogen-bond acceptors (Lipinski definition) is 6. The Morgan fingerprint density at radius 2 is 2.00 bits per heavy atom. The Morgan fingerprint density at radius 3 is 2.75 bits per heavy atom. The molecule has 2 heterocycles. The zero-order chi connectivity index (χ0) is 19.7. The molecule has 0 radical (unpaired) electrons. The van der Waals surface area contributed by atoms with Crippen LogP contribution in [-0.2, 0) is 11.2 Å². The van der Waals surface area contributed by atoms with Crippen molar-refractivity contribution < 1.29 is 9.90 Å². The summed E-state index contributed by atoms with van der Waals surface area (Å²) in [5.74, 6) is -0.829. The van der Waals surface area contributed by atoms with Gasteiger partial charge in [-0.25, -0.2) is 10.4 Å². The monoisotopic (exact) mass is 411 g/mol. The first-order chi connectivity index (χ1) is 13.5. The third kappa shape index (κ3) is 3.92. The number of rotatable bonds is 8. The van der Waals surface area contributed by atoms with E-state index in [4.69, 9.17) is 0 Å². The third-order valence-electron chi connectivity index (χ3n) is 4.55. The second kappa shape index (κ2) is 7.58. The molecule has 0 saturated carbocycles. The highest BCUT2D eigenvalue weighted by atomic mass is 32.2. The molecule has 0 atom stereocenters. The highest BCUT2D eigenvalue weighted by Gasteiger charge is 2.32. The van der Waals surface area contributed by atoms with Gasteiger partial charge in [-0.05, 0) is 25.5 Å². The summed E-state index contributed by atoms with van der Waals surface area (Å²) in [4.78, 5) is 15.8. The van der Waals surface area contributed by atoms with E-state index in [1.54, 1.807) is 13.8 Å². The van der Waals surface area contributed by atoms with Crippen molar-refractivity contribution in [3.05, 3.63) is 59.6 Å². The van der Waals surface area contributed by atoms with Crippen molar-refractivity contribution in [3.63, 3.8) is 0 Å². The number of anilines is 2. The van der Waals surface area contributed by atoms with Crippen LogP contribution in [0.3, 0.4) is 0 Å². The van der Waals surface area contributed by atoms with Crippen LogP contribution in [0.2, 0.25) is 0 Å².